The van der Waals surface area contributed by atoms with Gasteiger partial charge in [0.05, 0.1) is 16.6 Å². The minimum atomic E-state index is -0.140. The van der Waals surface area contributed by atoms with Gasteiger partial charge in [-0.3, -0.25) is 9.69 Å². The highest BCUT2D eigenvalue weighted by atomic mass is 32.1. The fraction of sp³-hybridized carbons (Fsp3) is 0.375. The lowest BCUT2D eigenvalue weighted by molar-refractivity contribution is -0.115. The molecule has 4 aromatic rings. The topological polar surface area (TPSA) is 71.3 Å². The molecule has 1 fully saturated rings. The van der Waals surface area contributed by atoms with Crippen LogP contribution in [0.3, 0.4) is 0 Å². The van der Waals surface area contributed by atoms with Crippen LogP contribution in [0.15, 0.2) is 40.9 Å². The van der Waals surface area contributed by atoms with Gasteiger partial charge in [0.25, 0.3) is 0 Å². The molecule has 0 spiro atoms. The standard InChI is InChI=1S/C24H26N4O2S/c1-15-7-9-28(10-8-15)14-17-4-5-19-22(12-17)31-24(25-19)26-23(29)13-20-18-11-16(2)3-6-21(18)30-27-20/h3-6,11-12,15H,7-10,13-14H2,1-2H3,(H,25,26,29). The molecule has 0 radical (unpaired) electrons. The van der Waals surface area contributed by atoms with Crippen molar-refractivity contribution in [3.63, 3.8) is 0 Å². The third-order valence-corrected chi connectivity index (χ3v) is 6.94. The van der Waals surface area contributed by atoms with Crippen molar-refractivity contribution >= 4 is 43.6 Å². The molecule has 0 bridgehead atoms. The summed E-state index contributed by atoms with van der Waals surface area (Å²) in [6.45, 7) is 7.65. The number of benzene rings is 2. The second-order valence-electron chi connectivity index (χ2n) is 8.63. The first kappa shape index (κ1) is 20.2. The largest absolute Gasteiger partial charge is 0.356 e. The molecule has 7 heteroatoms. The Morgan fingerprint density at radius 2 is 2.06 bits per heavy atom. The quantitative estimate of drug-likeness (QED) is 0.470. The third kappa shape index (κ3) is 4.48. The van der Waals surface area contributed by atoms with E-state index in [4.69, 9.17) is 4.52 Å². The molecule has 6 nitrogen and oxygen atoms in total. The van der Waals surface area contributed by atoms with Crippen molar-refractivity contribution in [2.45, 2.75) is 39.7 Å². The van der Waals surface area contributed by atoms with E-state index >= 15 is 0 Å². The van der Waals surface area contributed by atoms with Crippen LogP contribution >= 0.6 is 11.3 Å². The van der Waals surface area contributed by atoms with Crippen molar-refractivity contribution in [2.24, 2.45) is 5.92 Å². The van der Waals surface area contributed by atoms with Crippen molar-refractivity contribution in [3.05, 3.63) is 53.2 Å². The first-order valence-electron chi connectivity index (χ1n) is 10.8. The number of piperidine rings is 1. The summed E-state index contributed by atoms with van der Waals surface area (Å²) in [5.41, 5.74) is 4.67. The summed E-state index contributed by atoms with van der Waals surface area (Å²) in [5, 5.41) is 8.51. The van der Waals surface area contributed by atoms with E-state index in [2.05, 4.69) is 45.5 Å². The Bertz CT molecular complexity index is 1240. The first-order chi connectivity index (χ1) is 15.0. The van der Waals surface area contributed by atoms with E-state index in [1.54, 1.807) is 0 Å². The molecule has 2 aromatic carbocycles. The monoisotopic (exact) mass is 434 g/mol. The highest BCUT2D eigenvalue weighted by Gasteiger charge is 2.17. The number of aromatic nitrogens is 2. The smallest absolute Gasteiger partial charge is 0.232 e. The number of nitrogens with zero attached hydrogens (tertiary/aromatic N) is 3. The zero-order valence-electron chi connectivity index (χ0n) is 17.9. The van der Waals surface area contributed by atoms with Crippen molar-refractivity contribution in [3.8, 4) is 0 Å². The summed E-state index contributed by atoms with van der Waals surface area (Å²) >= 11 is 1.52. The summed E-state index contributed by atoms with van der Waals surface area (Å²) < 4.78 is 6.44. The first-order valence-corrected chi connectivity index (χ1v) is 11.6. The van der Waals surface area contributed by atoms with Crippen LogP contribution in [-0.2, 0) is 17.8 Å². The number of aryl methyl sites for hydroxylation is 1. The Hall–Kier alpha value is -2.77. The minimum absolute atomic E-state index is 0.140. The molecule has 160 valence electrons. The predicted molar refractivity (Wildman–Crippen MR) is 124 cm³/mol. The summed E-state index contributed by atoms with van der Waals surface area (Å²) in [6, 6.07) is 12.3. The number of thiazole rings is 1. The van der Waals surface area contributed by atoms with Gasteiger partial charge in [0, 0.05) is 11.9 Å². The van der Waals surface area contributed by atoms with E-state index in [0.29, 0.717) is 16.4 Å². The molecule has 1 aliphatic rings. The number of anilines is 1. The second kappa shape index (κ2) is 8.40. The summed E-state index contributed by atoms with van der Waals surface area (Å²) in [4.78, 5) is 19.7. The summed E-state index contributed by atoms with van der Waals surface area (Å²) in [6.07, 6.45) is 2.71. The van der Waals surface area contributed by atoms with Gasteiger partial charge in [0.15, 0.2) is 10.7 Å². The number of nitrogens with one attached hydrogen (secondary N) is 1. The molecule has 0 atom stereocenters. The van der Waals surface area contributed by atoms with Crippen molar-refractivity contribution < 1.29 is 9.32 Å². The van der Waals surface area contributed by atoms with Crippen LogP contribution in [0.4, 0.5) is 5.13 Å². The molecule has 0 aliphatic carbocycles. The van der Waals surface area contributed by atoms with E-state index < -0.39 is 0 Å². The van der Waals surface area contributed by atoms with Crippen LogP contribution in [0, 0.1) is 12.8 Å². The maximum absolute atomic E-state index is 12.6. The van der Waals surface area contributed by atoms with Crippen LogP contribution < -0.4 is 5.32 Å². The normalized spacial score (nSPS) is 15.7. The highest BCUT2D eigenvalue weighted by molar-refractivity contribution is 7.22. The molecule has 0 saturated carbocycles. The Morgan fingerprint density at radius 1 is 1.23 bits per heavy atom. The van der Waals surface area contributed by atoms with Crippen molar-refractivity contribution in [1.82, 2.24) is 15.0 Å². The molecule has 1 N–H and O–H groups in total. The van der Waals surface area contributed by atoms with Gasteiger partial charge in [-0.15, -0.1) is 0 Å². The van der Waals surface area contributed by atoms with Crippen LogP contribution in [0.1, 0.15) is 36.6 Å². The Morgan fingerprint density at radius 3 is 2.90 bits per heavy atom. The Kier molecular flexibility index (Phi) is 5.46. The van der Waals surface area contributed by atoms with E-state index in [0.717, 1.165) is 33.6 Å². The Labute approximate surface area is 185 Å². The number of rotatable bonds is 5. The van der Waals surface area contributed by atoms with E-state index in [9.17, 15) is 4.79 Å². The number of likely N-dealkylation sites (tertiary alicyclic amines) is 1. The van der Waals surface area contributed by atoms with Crippen LogP contribution in [0.2, 0.25) is 0 Å². The average molecular weight is 435 g/mol. The number of hydrogen-bond acceptors (Lipinski definition) is 6. The van der Waals surface area contributed by atoms with Gasteiger partial charge >= 0.3 is 0 Å². The van der Waals surface area contributed by atoms with Gasteiger partial charge in [-0.25, -0.2) is 4.98 Å². The molecular formula is C24H26N4O2S. The molecule has 1 saturated heterocycles. The molecular weight excluding hydrogens is 408 g/mol. The average Bonchev–Trinajstić information content (AvgIpc) is 3.32. The summed E-state index contributed by atoms with van der Waals surface area (Å²) in [7, 11) is 0. The lowest BCUT2D eigenvalue weighted by Crippen LogP contribution is -2.32. The number of carbonyl (C=O) groups is 1. The van der Waals surface area contributed by atoms with Crippen LogP contribution in [-0.4, -0.2) is 34.0 Å². The Balaban J connectivity index is 1.26. The zero-order chi connectivity index (χ0) is 21.4. The van der Waals surface area contributed by atoms with E-state index in [1.165, 1.54) is 42.8 Å². The van der Waals surface area contributed by atoms with E-state index in [-0.39, 0.29) is 12.3 Å². The van der Waals surface area contributed by atoms with Crippen LogP contribution in [0.25, 0.3) is 21.2 Å². The lowest BCUT2D eigenvalue weighted by atomic mass is 9.99. The molecule has 5 rings (SSSR count). The van der Waals surface area contributed by atoms with Gasteiger partial charge in [-0.1, -0.05) is 41.1 Å². The SMILES string of the molecule is Cc1ccc2onc(CC(=O)Nc3nc4ccc(CN5CCC(C)CC5)cc4s3)c2c1. The molecule has 31 heavy (non-hydrogen) atoms. The van der Waals surface area contributed by atoms with Crippen molar-refractivity contribution in [2.75, 3.05) is 18.4 Å². The molecule has 1 aliphatic heterocycles. The molecule has 0 unspecified atom stereocenters. The second-order valence-corrected chi connectivity index (χ2v) is 9.66. The van der Waals surface area contributed by atoms with Crippen molar-refractivity contribution in [1.29, 1.82) is 0 Å². The number of hydrogen-bond donors (Lipinski definition) is 1. The van der Waals surface area contributed by atoms with Gasteiger partial charge in [-0.05, 0) is 68.6 Å². The highest BCUT2D eigenvalue weighted by Crippen LogP contribution is 2.28. The van der Waals surface area contributed by atoms with Crippen LogP contribution in [0.5, 0.6) is 0 Å². The maximum Gasteiger partial charge on any atom is 0.232 e. The fourth-order valence-electron chi connectivity index (χ4n) is 4.14. The van der Waals surface area contributed by atoms with E-state index in [1.807, 2.05) is 25.1 Å². The van der Waals surface area contributed by atoms with Gasteiger partial charge in [0.1, 0.15) is 5.69 Å². The van der Waals surface area contributed by atoms with Gasteiger partial charge in [0.2, 0.25) is 5.91 Å². The third-order valence-electron chi connectivity index (χ3n) is 6.01. The lowest BCUT2D eigenvalue weighted by Gasteiger charge is -2.30. The molecule has 2 aromatic heterocycles. The number of amides is 1. The van der Waals surface area contributed by atoms with Gasteiger partial charge < -0.3 is 9.84 Å². The maximum atomic E-state index is 12.6. The minimum Gasteiger partial charge on any atom is -0.356 e. The zero-order valence-corrected chi connectivity index (χ0v) is 18.7. The summed E-state index contributed by atoms with van der Waals surface area (Å²) in [5.74, 6) is 0.698. The fourth-order valence-corrected chi connectivity index (χ4v) is 5.09. The molecule has 1 amide bonds. The number of fused-ring (bicyclic) bond motifs is 2. The molecule has 3 heterocycles. The number of carbonyl (C=O) groups excluding carboxylic acids is 1. The predicted octanol–water partition coefficient (Wildman–Crippen LogP) is 5.16. The van der Waals surface area contributed by atoms with Gasteiger partial charge in [-0.2, -0.15) is 0 Å².